The number of nitrogens with zero attached hydrogens (tertiary/aromatic N) is 3. The first-order valence-electron chi connectivity index (χ1n) is 6.40. The predicted molar refractivity (Wildman–Crippen MR) is 73.8 cm³/mol. The maximum atomic E-state index is 11.7. The topological polar surface area (TPSA) is 72.3 Å². The van der Waals surface area contributed by atoms with Crippen molar-refractivity contribution in [1.82, 2.24) is 19.6 Å². The van der Waals surface area contributed by atoms with Crippen LogP contribution in [0.4, 0.5) is 0 Å². The van der Waals surface area contributed by atoms with Gasteiger partial charge in [-0.05, 0) is 24.1 Å². The van der Waals surface area contributed by atoms with E-state index in [0.717, 1.165) is 12.2 Å². The summed E-state index contributed by atoms with van der Waals surface area (Å²) < 4.78 is 6.85. The summed E-state index contributed by atoms with van der Waals surface area (Å²) in [4.78, 5) is 18.7. The Bertz CT molecular complexity index is 774. The standard InChI is InChI=1S/C14H14N4O2/c1-2-10-3-5-12(6-4-10)20-8-11-7-13(19)18-14(17-11)15-9-16-18/h3-7,9H,2,8H2,1H3,(H,15,16,17). The van der Waals surface area contributed by atoms with Crippen LogP contribution in [0.3, 0.4) is 0 Å². The second-order valence-corrected chi connectivity index (χ2v) is 4.41. The van der Waals surface area contributed by atoms with Gasteiger partial charge in [0.05, 0.1) is 5.69 Å². The van der Waals surface area contributed by atoms with E-state index in [0.29, 0.717) is 11.5 Å². The van der Waals surface area contributed by atoms with Gasteiger partial charge in [-0.25, -0.2) is 0 Å². The van der Waals surface area contributed by atoms with Crippen LogP contribution in [-0.2, 0) is 13.0 Å². The summed E-state index contributed by atoms with van der Waals surface area (Å²) in [7, 11) is 0. The first-order chi connectivity index (χ1) is 9.76. The lowest BCUT2D eigenvalue weighted by Crippen LogP contribution is -2.16. The Morgan fingerprint density at radius 1 is 1.30 bits per heavy atom. The third-order valence-electron chi connectivity index (χ3n) is 3.05. The SMILES string of the molecule is CCc1ccc(OCc2cc(=O)n3ncnc3[nH]2)cc1. The zero-order valence-electron chi connectivity index (χ0n) is 11.0. The van der Waals surface area contributed by atoms with Crippen LogP contribution in [0.1, 0.15) is 18.2 Å². The van der Waals surface area contributed by atoms with E-state index in [1.165, 1.54) is 22.5 Å². The van der Waals surface area contributed by atoms with E-state index in [4.69, 9.17) is 4.74 Å². The molecule has 102 valence electrons. The number of benzene rings is 1. The molecular formula is C14H14N4O2. The van der Waals surface area contributed by atoms with Gasteiger partial charge >= 0.3 is 0 Å². The highest BCUT2D eigenvalue weighted by molar-refractivity contribution is 5.28. The van der Waals surface area contributed by atoms with E-state index in [2.05, 4.69) is 22.0 Å². The number of hydrogen-bond acceptors (Lipinski definition) is 4. The normalized spacial score (nSPS) is 10.8. The van der Waals surface area contributed by atoms with E-state index in [-0.39, 0.29) is 12.2 Å². The molecular weight excluding hydrogens is 256 g/mol. The summed E-state index contributed by atoms with van der Waals surface area (Å²) in [5, 5.41) is 3.82. The van der Waals surface area contributed by atoms with Crippen LogP contribution in [0, 0.1) is 0 Å². The van der Waals surface area contributed by atoms with Gasteiger partial charge in [-0.3, -0.25) is 4.79 Å². The number of ether oxygens (including phenoxy) is 1. The largest absolute Gasteiger partial charge is 0.487 e. The average molecular weight is 270 g/mol. The fraction of sp³-hybridized carbons (Fsp3) is 0.214. The molecule has 0 amide bonds. The molecule has 0 bridgehead atoms. The Labute approximate surface area is 115 Å². The molecule has 0 saturated heterocycles. The Morgan fingerprint density at radius 2 is 2.10 bits per heavy atom. The minimum atomic E-state index is -0.226. The van der Waals surface area contributed by atoms with Crippen LogP contribution in [0.15, 0.2) is 41.5 Å². The van der Waals surface area contributed by atoms with E-state index < -0.39 is 0 Å². The number of fused-ring (bicyclic) bond motifs is 1. The van der Waals surface area contributed by atoms with Crippen LogP contribution < -0.4 is 10.3 Å². The van der Waals surface area contributed by atoms with Crippen LogP contribution in [0.5, 0.6) is 5.75 Å². The number of aromatic nitrogens is 4. The summed E-state index contributed by atoms with van der Waals surface area (Å²) in [5.74, 6) is 1.18. The Kier molecular flexibility index (Phi) is 3.20. The number of aryl methyl sites for hydroxylation is 1. The molecule has 0 fully saturated rings. The van der Waals surface area contributed by atoms with Crippen molar-refractivity contribution in [3.05, 3.63) is 58.3 Å². The summed E-state index contributed by atoms with van der Waals surface area (Å²) in [6, 6.07) is 9.36. The molecule has 0 atom stereocenters. The van der Waals surface area contributed by atoms with Gasteiger partial charge < -0.3 is 9.72 Å². The van der Waals surface area contributed by atoms with Crippen molar-refractivity contribution < 1.29 is 4.74 Å². The first-order valence-corrected chi connectivity index (χ1v) is 6.40. The molecule has 0 unspecified atom stereocenters. The zero-order chi connectivity index (χ0) is 13.9. The Morgan fingerprint density at radius 3 is 2.85 bits per heavy atom. The number of rotatable bonds is 4. The molecule has 2 heterocycles. The monoisotopic (exact) mass is 270 g/mol. The van der Waals surface area contributed by atoms with Gasteiger partial charge in [0.1, 0.15) is 18.7 Å². The van der Waals surface area contributed by atoms with Crippen molar-refractivity contribution in [3.63, 3.8) is 0 Å². The number of aromatic amines is 1. The maximum Gasteiger partial charge on any atom is 0.276 e. The van der Waals surface area contributed by atoms with Crippen LogP contribution in [-0.4, -0.2) is 19.6 Å². The van der Waals surface area contributed by atoms with E-state index in [9.17, 15) is 4.79 Å². The lowest BCUT2D eigenvalue weighted by Gasteiger charge is -2.07. The minimum absolute atomic E-state index is 0.226. The Hall–Kier alpha value is -2.63. The lowest BCUT2D eigenvalue weighted by atomic mass is 10.2. The molecule has 0 spiro atoms. The Balaban J connectivity index is 1.77. The molecule has 0 aliphatic rings. The fourth-order valence-electron chi connectivity index (χ4n) is 1.94. The smallest absolute Gasteiger partial charge is 0.276 e. The quantitative estimate of drug-likeness (QED) is 0.781. The van der Waals surface area contributed by atoms with Gasteiger partial charge in [0.25, 0.3) is 5.56 Å². The lowest BCUT2D eigenvalue weighted by molar-refractivity contribution is 0.301. The predicted octanol–water partition coefficient (Wildman–Crippen LogP) is 1.56. The summed E-state index contributed by atoms with van der Waals surface area (Å²) >= 11 is 0. The number of H-pyrrole nitrogens is 1. The van der Waals surface area contributed by atoms with Crippen molar-refractivity contribution in [2.75, 3.05) is 0 Å². The van der Waals surface area contributed by atoms with Gasteiger partial charge in [-0.15, -0.1) is 0 Å². The van der Waals surface area contributed by atoms with E-state index in [1.54, 1.807) is 0 Å². The van der Waals surface area contributed by atoms with E-state index >= 15 is 0 Å². The van der Waals surface area contributed by atoms with Gasteiger partial charge in [0, 0.05) is 6.07 Å². The molecule has 1 N–H and O–H groups in total. The number of hydrogen-bond donors (Lipinski definition) is 1. The molecule has 20 heavy (non-hydrogen) atoms. The highest BCUT2D eigenvalue weighted by Gasteiger charge is 2.04. The van der Waals surface area contributed by atoms with Crippen molar-refractivity contribution in [2.45, 2.75) is 20.0 Å². The molecule has 6 nitrogen and oxygen atoms in total. The highest BCUT2D eigenvalue weighted by Crippen LogP contribution is 2.13. The third kappa shape index (κ3) is 2.40. The molecule has 3 rings (SSSR count). The van der Waals surface area contributed by atoms with Gasteiger partial charge in [-0.1, -0.05) is 19.1 Å². The van der Waals surface area contributed by atoms with E-state index in [1.807, 2.05) is 24.3 Å². The molecule has 0 aliphatic carbocycles. The molecule has 6 heteroatoms. The van der Waals surface area contributed by atoms with Crippen LogP contribution >= 0.6 is 0 Å². The van der Waals surface area contributed by atoms with Crippen molar-refractivity contribution >= 4 is 5.78 Å². The molecule has 1 aromatic carbocycles. The molecule has 0 aliphatic heterocycles. The first kappa shape index (κ1) is 12.4. The van der Waals surface area contributed by atoms with Crippen LogP contribution in [0.25, 0.3) is 5.78 Å². The minimum Gasteiger partial charge on any atom is -0.487 e. The second-order valence-electron chi connectivity index (χ2n) is 4.41. The number of nitrogens with one attached hydrogen (secondary N) is 1. The molecule has 0 radical (unpaired) electrons. The van der Waals surface area contributed by atoms with Crippen molar-refractivity contribution in [3.8, 4) is 5.75 Å². The third-order valence-corrected chi connectivity index (χ3v) is 3.05. The summed E-state index contributed by atoms with van der Waals surface area (Å²) in [6.45, 7) is 2.39. The van der Waals surface area contributed by atoms with Gasteiger partial charge in [0.2, 0.25) is 5.78 Å². The second kappa shape index (κ2) is 5.16. The molecule has 2 aromatic heterocycles. The van der Waals surface area contributed by atoms with Crippen molar-refractivity contribution in [2.24, 2.45) is 0 Å². The summed E-state index contributed by atoms with van der Waals surface area (Å²) in [5.41, 5.74) is 1.70. The zero-order valence-corrected chi connectivity index (χ0v) is 11.0. The highest BCUT2D eigenvalue weighted by atomic mass is 16.5. The summed E-state index contributed by atoms with van der Waals surface area (Å²) in [6.07, 6.45) is 2.33. The van der Waals surface area contributed by atoms with Crippen molar-refractivity contribution in [1.29, 1.82) is 0 Å². The average Bonchev–Trinajstić information content (AvgIpc) is 2.94. The molecule has 3 aromatic rings. The van der Waals surface area contributed by atoms with Gasteiger partial charge in [0.15, 0.2) is 0 Å². The maximum absolute atomic E-state index is 11.7. The van der Waals surface area contributed by atoms with Crippen LogP contribution in [0.2, 0.25) is 0 Å². The fourth-order valence-corrected chi connectivity index (χ4v) is 1.94. The molecule has 0 saturated carbocycles. The van der Waals surface area contributed by atoms with Gasteiger partial charge in [-0.2, -0.15) is 14.6 Å².